The van der Waals surface area contributed by atoms with Crippen LogP contribution in [0.25, 0.3) is 0 Å². The molecule has 0 saturated carbocycles. The summed E-state index contributed by atoms with van der Waals surface area (Å²) in [7, 11) is 1.78. The largest absolute Gasteiger partial charge is 0.394 e. The van der Waals surface area contributed by atoms with Crippen LogP contribution < -0.4 is 5.32 Å². The SMILES string of the molecule is CNC(C)(CO)CCC=O. The number of likely N-dealkylation sites (N-methyl/N-ethyl adjacent to an activating group) is 1. The summed E-state index contributed by atoms with van der Waals surface area (Å²) in [5, 5.41) is 11.8. The summed E-state index contributed by atoms with van der Waals surface area (Å²) in [6.45, 7) is 1.95. The average molecular weight is 145 g/mol. The highest BCUT2D eigenvalue weighted by Crippen LogP contribution is 2.08. The van der Waals surface area contributed by atoms with Crippen LogP contribution in [0.15, 0.2) is 0 Å². The molecule has 2 N–H and O–H groups in total. The quantitative estimate of drug-likeness (QED) is 0.533. The lowest BCUT2D eigenvalue weighted by atomic mass is 9.98. The van der Waals surface area contributed by atoms with Gasteiger partial charge in [-0.1, -0.05) is 0 Å². The van der Waals surface area contributed by atoms with Gasteiger partial charge in [-0.05, 0) is 20.4 Å². The van der Waals surface area contributed by atoms with E-state index in [1.54, 1.807) is 7.05 Å². The molecule has 0 fully saturated rings. The molecule has 1 atom stereocenters. The van der Waals surface area contributed by atoms with Crippen molar-refractivity contribution in [3.05, 3.63) is 0 Å². The Bertz CT molecular complexity index is 99.8. The molecule has 1 unspecified atom stereocenters. The van der Waals surface area contributed by atoms with Gasteiger partial charge in [0.1, 0.15) is 6.29 Å². The van der Waals surface area contributed by atoms with Gasteiger partial charge in [0.2, 0.25) is 0 Å². The Hall–Kier alpha value is -0.410. The Labute approximate surface area is 61.4 Å². The summed E-state index contributed by atoms with van der Waals surface area (Å²) in [4.78, 5) is 9.97. The van der Waals surface area contributed by atoms with Gasteiger partial charge in [0.15, 0.2) is 0 Å². The lowest BCUT2D eigenvalue weighted by Gasteiger charge is -2.25. The maximum atomic E-state index is 9.97. The third kappa shape index (κ3) is 2.94. The van der Waals surface area contributed by atoms with Crippen LogP contribution in [0.4, 0.5) is 0 Å². The van der Waals surface area contributed by atoms with Gasteiger partial charge in [-0.25, -0.2) is 0 Å². The first-order valence-electron chi connectivity index (χ1n) is 3.42. The number of carbonyl (C=O) groups excluding carboxylic acids is 1. The van der Waals surface area contributed by atoms with Crippen LogP contribution in [-0.2, 0) is 4.79 Å². The minimum absolute atomic E-state index is 0.0668. The smallest absolute Gasteiger partial charge is 0.120 e. The van der Waals surface area contributed by atoms with Gasteiger partial charge in [-0.3, -0.25) is 0 Å². The molecule has 0 aliphatic rings. The molecule has 0 aliphatic carbocycles. The summed E-state index contributed by atoms with van der Waals surface area (Å²) >= 11 is 0. The zero-order valence-corrected chi connectivity index (χ0v) is 6.55. The monoisotopic (exact) mass is 145 g/mol. The van der Waals surface area contributed by atoms with E-state index in [1.165, 1.54) is 0 Å². The third-order valence-corrected chi connectivity index (χ3v) is 1.77. The summed E-state index contributed by atoms with van der Waals surface area (Å²) in [6.07, 6.45) is 2.05. The molecule has 0 aromatic heterocycles. The molecule has 0 spiro atoms. The zero-order chi connectivity index (χ0) is 8.04. The van der Waals surface area contributed by atoms with E-state index in [9.17, 15) is 4.79 Å². The van der Waals surface area contributed by atoms with Crippen LogP contribution in [0.2, 0.25) is 0 Å². The van der Waals surface area contributed by atoms with Crippen LogP contribution in [-0.4, -0.2) is 30.6 Å². The molecule has 0 aromatic carbocycles. The topological polar surface area (TPSA) is 49.3 Å². The third-order valence-electron chi connectivity index (χ3n) is 1.77. The van der Waals surface area contributed by atoms with Crippen molar-refractivity contribution in [3.63, 3.8) is 0 Å². The number of hydrogen-bond acceptors (Lipinski definition) is 3. The number of aldehydes is 1. The lowest BCUT2D eigenvalue weighted by molar-refractivity contribution is -0.108. The van der Waals surface area contributed by atoms with Crippen molar-refractivity contribution in [1.29, 1.82) is 0 Å². The molecule has 0 radical (unpaired) electrons. The summed E-state index contributed by atoms with van der Waals surface area (Å²) < 4.78 is 0. The number of carbonyl (C=O) groups is 1. The van der Waals surface area contributed by atoms with Crippen LogP contribution in [0.3, 0.4) is 0 Å². The van der Waals surface area contributed by atoms with Gasteiger partial charge < -0.3 is 15.2 Å². The van der Waals surface area contributed by atoms with Gasteiger partial charge in [-0.2, -0.15) is 0 Å². The number of rotatable bonds is 5. The molecule has 60 valence electrons. The second kappa shape index (κ2) is 4.41. The molecule has 3 heteroatoms. The number of hydrogen-bond donors (Lipinski definition) is 2. The van der Waals surface area contributed by atoms with Crippen LogP contribution in [0, 0.1) is 0 Å². The van der Waals surface area contributed by atoms with Crippen molar-refractivity contribution in [2.24, 2.45) is 0 Å². The van der Waals surface area contributed by atoms with Crippen LogP contribution in [0.5, 0.6) is 0 Å². The van der Waals surface area contributed by atoms with Crippen molar-refractivity contribution in [3.8, 4) is 0 Å². The molecule has 0 aliphatic heterocycles. The summed E-state index contributed by atoms with van der Waals surface area (Å²) in [6, 6.07) is 0. The molecule has 0 heterocycles. The molecule has 0 amide bonds. The van der Waals surface area contributed by atoms with E-state index < -0.39 is 0 Å². The molecule has 0 bridgehead atoms. The van der Waals surface area contributed by atoms with Gasteiger partial charge in [0.25, 0.3) is 0 Å². The Kier molecular flexibility index (Phi) is 4.23. The van der Waals surface area contributed by atoms with Crippen molar-refractivity contribution in [2.75, 3.05) is 13.7 Å². The second-order valence-electron chi connectivity index (χ2n) is 2.67. The predicted molar refractivity (Wildman–Crippen MR) is 39.8 cm³/mol. The fourth-order valence-corrected chi connectivity index (χ4v) is 0.661. The molecule has 0 aromatic rings. The average Bonchev–Trinajstić information content (AvgIpc) is 2.00. The lowest BCUT2D eigenvalue weighted by Crippen LogP contribution is -2.43. The van der Waals surface area contributed by atoms with Crippen molar-refractivity contribution in [2.45, 2.75) is 25.3 Å². The Morgan fingerprint density at radius 2 is 2.30 bits per heavy atom. The Balaban J connectivity index is 3.68. The second-order valence-corrected chi connectivity index (χ2v) is 2.67. The van der Waals surface area contributed by atoms with E-state index in [1.807, 2.05) is 6.92 Å². The number of nitrogens with one attached hydrogen (secondary N) is 1. The van der Waals surface area contributed by atoms with Gasteiger partial charge in [0, 0.05) is 12.0 Å². The normalized spacial score (nSPS) is 16.3. The van der Waals surface area contributed by atoms with Gasteiger partial charge in [-0.15, -0.1) is 0 Å². The maximum Gasteiger partial charge on any atom is 0.120 e. The van der Waals surface area contributed by atoms with E-state index in [0.29, 0.717) is 12.8 Å². The summed E-state index contributed by atoms with van der Waals surface area (Å²) in [5.74, 6) is 0. The van der Waals surface area contributed by atoms with E-state index in [2.05, 4.69) is 5.32 Å². The Morgan fingerprint density at radius 1 is 1.70 bits per heavy atom. The minimum Gasteiger partial charge on any atom is -0.394 e. The molecule has 3 nitrogen and oxygen atoms in total. The zero-order valence-electron chi connectivity index (χ0n) is 6.55. The fourth-order valence-electron chi connectivity index (χ4n) is 0.661. The van der Waals surface area contributed by atoms with E-state index >= 15 is 0 Å². The standard InChI is InChI=1S/C7H15NO2/c1-7(6-10,8-2)4-3-5-9/h5,8,10H,3-4,6H2,1-2H3. The first kappa shape index (κ1) is 9.59. The van der Waals surface area contributed by atoms with Crippen molar-refractivity contribution in [1.82, 2.24) is 5.32 Å². The van der Waals surface area contributed by atoms with Crippen LogP contribution >= 0.6 is 0 Å². The molecule has 10 heavy (non-hydrogen) atoms. The van der Waals surface area contributed by atoms with E-state index in [-0.39, 0.29) is 12.1 Å². The fraction of sp³-hybridized carbons (Fsp3) is 0.857. The van der Waals surface area contributed by atoms with E-state index in [4.69, 9.17) is 5.11 Å². The van der Waals surface area contributed by atoms with Crippen molar-refractivity contribution < 1.29 is 9.90 Å². The first-order valence-corrected chi connectivity index (χ1v) is 3.42. The minimum atomic E-state index is -0.291. The summed E-state index contributed by atoms with van der Waals surface area (Å²) in [5.41, 5.74) is -0.291. The molecule has 0 saturated heterocycles. The highest BCUT2D eigenvalue weighted by molar-refractivity contribution is 5.49. The number of aliphatic hydroxyl groups excluding tert-OH is 1. The first-order chi connectivity index (χ1) is 4.68. The van der Waals surface area contributed by atoms with Crippen molar-refractivity contribution >= 4 is 6.29 Å². The molecule has 0 rings (SSSR count). The predicted octanol–water partition coefficient (Wildman–Crippen LogP) is -0.0641. The molecular formula is C7H15NO2. The molecular weight excluding hydrogens is 130 g/mol. The van der Waals surface area contributed by atoms with Gasteiger partial charge in [0.05, 0.1) is 6.61 Å². The number of aliphatic hydroxyl groups is 1. The van der Waals surface area contributed by atoms with E-state index in [0.717, 1.165) is 6.29 Å². The highest BCUT2D eigenvalue weighted by atomic mass is 16.3. The van der Waals surface area contributed by atoms with Crippen LogP contribution in [0.1, 0.15) is 19.8 Å². The highest BCUT2D eigenvalue weighted by Gasteiger charge is 2.19. The maximum absolute atomic E-state index is 9.97. The Morgan fingerprint density at radius 3 is 2.60 bits per heavy atom. The van der Waals surface area contributed by atoms with Gasteiger partial charge >= 0.3 is 0 Å².